The summed E-state index contributed by atoms with van der Waals surface area (Å²) < 4.78 is 5.00. The van der Waals surface area contributed by atoms with Crippen LogP contribution in [0.25, 0.3) is 11.5 Å². The van der Waals surface area contributed by atoms with Gasteiger partial charge in [0.25, 0.3) is 0 Å². The van der Waals surface area contributed by atoms with Crippen LogP contribution in [0.3, 0.4) is 0 Å². The first-order valence-corrected chi connectivity index (χ1v) is 5.45. The highest BCUT2D eigenvalue weighted by molar-refractivity contribution is 8.12. The van der Waals surface area contributed by atoms with Crippen molar-refractivity contribution in [2.24, 2.45) is 5.73 Å². The van der Waals surface area contributed by atoms with Gasteiger partial charge in [-0.05, 0) is 12.1 Å². The summed E-state index contributed by atoms with van der Waals surface area (Å²) in [5.74, 6) is 1.27. The van der Waals surface area contributed by atoms with Crippen LogP contribution in [-0.2, 0) is 5.75 Å². The average molecular weight is 235 g/mol. The van der Waals surface area contributed by atoms with Crippen molar-refractivity contribution < 1.29 is 4.52 Å². The van der Waals surface area contributed by atoms with Crippen molar-refractivity contribution in [3.8, 4) is 11.5 Å². The average Bonchev–Trinajstić information content (AvgIpc) is 2.76. The molecule has 3 N–H and O–H groups in total. The number of pyridine rings is 1. The second-order valence-corrected chi connectivity index (χ2v) is 3.90. The highest BCUT2D eigenvalue weighted by Crippen LogP contribution is 2.15. The van der Waals surface area contributed by atoms with Gasteiger partial charge in [-0.2, -0.15) is 4.98 Å². The molecule has 0 spiro atoms. The fourth-order valence-electron chi connectivity index (χ4n) is 1.05. The van der Waals surface area contributed by atoms with Crippen molar-refractivity contribution in [3.05, 3.63) is 30.3 Å². The van der Waals surface area contributed by atoms with Gasteiger partial charge in [-0.1, -0.05) is 23.0 Å². The Morgan fingerprint density at radius 1 is 1.50 bits per heavy atom. The van der Waals surface area contributed by atoms with Crippen LogP contribution in [0.4, 0.5) is 0 Å². The van der Waals surface area contributed by atoms with E-state index in [9.17, 15) is 0 Å². The number of nitrogens with zero attached hydrogens (tertiary/aromatic N) is 3. The Bertz CT molecular complexity index is 484. The van der Waals surface area contributed by atoms with Crippen LogP contribution in [0.1, 0.15) is 5.89 Å². The highest BCUT2D eigenvalue weighted by Gasteiger charge is 2.09. The van der Waals surface area contributed by atoms with Crippen molar-refractivity contribution >= 4 is 16.9 Å². The van der Waals surface area contributed by atoms with E-state index in [0.717, 1.165) is 11.8 Å². The van der Waals surface area contributed by atoms with Crippen LogP contribution >= 0.6 is 11.8 Å². The van der Waals surface area contributed by atoms with Gasteiger partial charge in [0.1, 0.15) is 5.69 Å². The van der Waals surface area contributed by atoms with E-state index in [1.54, 1.807) is 12.3 Å². The third-order valence-electron chi connectivity index (χ3n) is 1.71. The summed E-state index contributed by atoms with van der Waals surface area (Å²) in [5.41, 5.74) is 5.86. The normalized spacial score (nSPS) is 10.2. The van der Waals surface area contributed by atoms with Gasteiger partial charge in [-0.15, -0.1) is 0 Å². The predicted octanol–water partition coefficient (Wildman–Crippen LogP) is 1.26. The molecule has 0 aliphatic rings. The van der Waals surface area contributed by atoms with E-state index < -0.39 is 0 Å². The van der Waals surface area contributed by atoms with Gasteiger partial charge in [0.15, 0.2) is 5.17 Å². The number of hydrogen-bond donors (Lipinski definition) is 2. The molecule has 0 saturated carbocycles. The Morgan fingerprint density at radius 2 is 2.38 bits per heavy atom. The zero-order chi connectivity index (χ0) is 11.4. The molecule has 0 aliphatic heterocycles. The smallest absolute Gasteiger partial charge is 0.237 e. The number of rotatable bonds is 3. The molecular weight excluding hydrogens is 226 g/mol. The molecule has 0 unspecified atom stereocenters. The quantitative estimate of drug-likeness (QED) is 0.613. The van der Waals surface area contributed by atoms with Gasteiger partial charge < -0.3 is 10.3 Å². The molecule has 0 saturated heterocycles. The molecule has 16 heavy (non-hydrogen) atoms. The SMILES string of the molecule is N=C(N)SCc1nc(-c2ccccn2)no1. The number of thioether (sulfide) groups is 1. The van der Waals surface area contributed by atoms with Crippen LogP contribution in [0, 0.1) is 5.41 Å². The summed E-state index contributed by atoms with van der Waals surface area (Å²) in [6.45, 7) is 0. The molecule has 0 atom stereocenters. The summed E-state index contributed by atoms with van der Waals surface area (Å²) in [6, 6.07) is 5.46. The number of hydrogen-bond acceptors (Lipinski definition) is 6. The molecule has 0 bridgehead atoms. The van der Waals surface area contributed by atoms with Crippen LogP contribution < -0.4 is 5.73 Å². The fourth-order valence-corrected chi connectivity index (χ4v) is 1.45. The topological polar surface area (TPSA) is 102 Å². The zero-order valence-electron chi connectivity index (χ0n) is 8.25. The molecule has 2 aromatic rings. The third-order valence-corrected chi connectivity index (χ3v) is 2.42. The lowest BCUT2D eigenvalue weighted by atomic mass is 10.3. The fraction of sp³-hybridized carbons (Fsp3) is 0.111. The Labute approximate surface area is 95.8 Å². The maximum absolute atomic E-state index is 7.05. The van der Waals surface area contributed by atoms with Crippen LogP contribution in [0.5, 0.6) is 0 Å². The molecular formula is C9H9N5OS. The highest BCUT2D eigenvalue weighted by atomic mass is 32.2. The third kappa shape index (κ3) is 2.57. The minimum atomic E-state index is 0.0255. The van der Waals surface area contributed by atoms with Gasteiger partial charge in [-0.25, -0.2) is 0 Å². The Kier molecular flexibility index (Phi) is 3.16. The summed E-state index contributed by atoms with van der Waals surface area (Å²) >= 11 is 1.14. The van der Waals surface area contributed by atoms with E-state index >= 15 is 0 Å². The van der Waals surface area contributed by atoms with Gasteiger partial charge in [0, 0.05) is 6.20 Å². The minimum absolute atomic E-state index is 0.0255. The van der Waals surface area contributed by atoms with E-state index in [1.165, 1.54) is 0 Å². The molecule has 2 heterocycles. The number of aromatic nitrogens is 3. The second kappa shape index (κ2) is 4.75. The molecule has 7 heteroatoms. The molecule has 0 amide bonds. The largest absolute Gasteiger partial charge is 0.379 e. The number of nitrogens with one attached hydrogen (secondary N) is 1. The van der Waals surface area contributed by atoms with Gasteiger partial charge in [0.2, 0.25) is 11.7 Å². The van der Waals surface area contributed by atoms with Gasteiger partial charge in [0.05, 0.1) is 5.75 Å². The summed E-state index contributed by atoms with van der Waals surface area (Å²) in [5, 5.41) is 10.9. The first-order valence-electron chi connectivity index (χ1n) is 4.46. The van der Waals surface area contributed by atoms with Crippen molar-refractivity contribution in [3.63, 3.8) is 0 Å². The molecule has 2 rings (SSSR count). The van der Waals surface area contributed by atoms with Crippen molar-refractivity contribution in [1.29, 1.82) is 5.41 Å². The number of nitrogens with two attached hydrogens (primary N) is 1. The lowest BCUT2D eigenvalue weighted by Crippen LogP contribution is -2.03. The molecule has 6 nitrogen and oxygen atoms in total. The zero-order valence-corrected chi connectivity index (χ0v) is 9.07. The van der Waals surface area contributed by atoms with Gasteiger partial charge in [-0.3, -0.25) is 10.4 Å². The van der Waals surface area contributed by atoms with E-state index in [2.05, 4.69) is 15.1 Å². The van der Waals surface area contributed by atoms with E-state index in [0.29, 0.717) is 23.2 Å². The van der Waals surface area contributed by atoms with Gasteiger partial charge >= 0.3 is 0 Å². The molecule has 82 valence electrons. The standard InChI is InChI=1S/C9H9N5OS/c10-9(11)16-5-7-13-8(14-15-7)6-3-1-2-4-12-6/h1-4H,5H2,(H3,10,11). The minimum Gasteiger partial charge on any atom is -0.379 e. The predicted molar refractivity (Wildman–Crippen MR) is 60.7 cm³/mol. The van der Waals surface area contributed by atoms with E-state index in [-0.39, 0.29) is 5.17 Å². The summed E-state index contributed by atoms with van der Waals surface area (Å²) in [4.78, 5) is 8.24. The summed E-state index contributed by atoms with van der Waals surface area (Å²) in [7, 11) is 0. The molecule has 2 aromatic heterocycles. The first-order chi connectivity index (χ1) is 7.75. The van der Waals surface area contributed by atoms with Crippen LogP contribution in [0.15, 0.2) is 28.9 Å². The van der Waals surface area contributed by atoms with Crippen LogP contribution in [0.2, 0.25) is 0 Å². The Hall–Kier alpha value is -1.89. The number of amidine groups is 1. The van der Waals surface area contributed by atoms with Crippen molar-refractivity contribution in [2.75, 3.05) is 0 Å². The maximum atomic E-state index is 7.05. The van der Waals surface area contributed by atoms with Crippen molar-refractivity contribution in [1.82, 2.24) is 15.1 Å². The molecule has 0 aromatic carbocycles. The molecule has 0 radical (unpaired) electrons. The lowest BCUT2D eigenvalue weighted by molar-refractivity contribution is 0.391. The summed E-state index contributed by atoms with van der Waals surface area (Å²) in [6.07, 6.45) is 1.66. The maximum Gasteiger partial charge on any atom is 0.237 e. The lowest BCUT2D eigenvalue weighted by Gasteiger charge is -1.91. The van der Waals surface area contributed by atoms with E-state index in [1.807, 2.05) is 12.1 Å². The first kappa shape index (κ1) is 10.6. The Balaban J connectivity index is 2.11. The van der Waals surface area contributed by atoms with Crippen LogP contribution in [-0.4, -0.2) is 20.3 Å². The van der Waals surface area contributed by atoms with E-state index in [4.69, 9.17) is 15.7 Å². The molecule has 0 aliphatic carbocycles. The Morgan fingerprint density at radius 3 is 3.06 bits per heavy atom. The van der Waals surface area contributed by atoms with Crippen molar-refractivity contribution in [2.45, 2.75) is 5.75 Å². The second-order valence-electron chi connectivity index (χ2n) is 2.88. The monoisotopic (exact) mass is 235 g/mol. The molecule has 0 fully saturated rings.